The Kier molecular flexibility index (Phi) is 6.03. The zero-order chi connectivity index (χ0) is 15.2. The molecule has 1 N–H and O–H groups in total. The van der Waals surface area contributed by atoms with E-state index in [0.29, 0.717) is 23.3 Å². The molecule has 1 aromatic heterocycles. The van der Waals surface area contributed by atoms with E-state index in [9.17, 15) is 0 Å². The van der Waals surface area contributed by atoms with Crippen molar-refractivity contribution in [3.63, 3.8) is 0 Å². The monoisotopic (exact) mass is 324 g/mol. The second-order valence-electron chi connectivity index (χ2n) is 5.44. The first-order chi connectivity index (χ1) is 10.0. The van der Waals surface area contributed by atoms with Crippen LogP contribution in [0.5, 0.6) is 5.75 Å². The quantitative estimate of drug-likeness (QED) is 0.818. The van der Waals surface area contributed by atoms with Gasteiger partial charge in [0.25, 0.3) is 0 Å². The average molecular weight is 325 g/mol. The van der Waals surface area contributed by atoms with Gasteiger partial charge in [-0.05, 0) is 37.1 Å². The van der Waals surface area contributed by atoms with Gasteiger partial charge in [-0.1, -0.05) is 31.5 Å². The molecule has 0 aliphatic rings. The standard InChI is InChI=1S/C16H21ClN2OS/c1-11(2)7-18-8-13-4-5-16(15(17)6-13)20-9-14-10-21-12(3)19-14/h4-6,10-11,18H,7-9H2,1-3H3. The van der Waals surface area contributed by atoms with E-state index in [-0.39, 0.29) is 0 Å². The molecule has 0 fully saturated rings. The second-order valence-corrected chi connectivity index (χ2v) is 6.91. The molecule has 2 aromatic rings. The zero-order valence-electron chi connectivity index (χ0n) is 12.6. The van der Waals surface area contributed by atoms with Crippen LogP contribution in [0.25, 0.3) is 0 Å². The highest BCUT2D eigenvalue weighted by Crippen LogP contribution is 2.26. The van der Waals surface area contributed by atoms with E-state index in [1.807, 2.05) is 30.5 Å². The van der Waals surface area contributed by atoms with Crippen LogP contribution in [0.3, 0.4) is 0 Å². The molecule has 0 amide bonds. The van der Waals surface area contributed by atoms with E-state index in [2.05, 4.69) is 24.1 Å². The van der Waals surface area contributed by atoms with Gasteiger partial charge < -0.3 is 10.1 Å². The van der Waals surface area contributed by atoms with Crippen LogP contribution in [-0.4, -0.2) is 11.5 Å². The maximum absolute atomic E-state index is 6.27. The minimum Gasteiger partial charge on any atom is -0.486 e. The van der Waals surface area contributed by atoms with Crippen molar-refractivity contribution in [2.45, 2.75) is 33.9 Å². The molecule has 0 aliphatic carbocycles. The van der Waals surface area contributed by atoms with Crippen LogP contribution in [-0.2, 0) is 13.2 Å². The van der Waals surface area contributed by atoms with Gasteiger partial charge in [0.15, 0.2) is 0 Å². The number of nitrogens with zero attached hydrogens (tertiary/aromatic N) is 1. The normalized spacial score (nSPS) is 11.1. The molecule has 1 aromatic carbocycles. The smallest absolute Gasteiger partial charge is 0.138 e. The van der Waals surface area contributed by atoms with Gasteiger partial charge >= 0.3 is 0 Å². The minimum absolute atomic E-state index is 0.453. The number of aromatic nitrogens is 1. The Morgan fingerprint density at radius 2 is 2.19 bits per heavy atom. The Morgan fingerprint density at radius 1 is 1.38 bits per heavy atom. The predicted octanol–water partition coefficient (Wildman–Crippen LogP) is 4.43. The summed E-state index contributed by atoms with van der Waals surface area (Å²) in [5.74, 6) is 1.35. The van der Waals surface area contributed by atoms with Crippen molar-refractivity contribution in [1.29, 1.82) is 0 Å². The third-order valence-electron chi connectivity index (χ3n) is 2.92. The van der Waals surface area contributed by atoms with Crippen molar-refractivity contribution in [2.75, 3.05) is 6.54 Å². The average Bonchev–Trinajstić information content (AvgIpc) is 2.83. The Bertz CT molecular complexity index is 583. The zero-order valence-corrected chi connectivity index (χ0v) is 14.2. The highest BCUT2D eigenvalue weighted by atomic mass is 35.5. The number of hydrogen-bond acceptors (Lipinski definition) is 4. The van der Waals surface area contributed by atoms with Gasteiger partial charge in [-0.25, -0.2) is 4.98 Å². The predicted molar refractivity (Wildman–Crippen MR) is 89.2 cm³/mol. The molecule has 0 unspecified atom stereocenters. The van der Waals surface area contributed by atoms with Gasteiger partial charge in [0, 0.05) is 11.9 Å². The van der Waals surface area contributed by atoms with Crippen LogP contribution in [0.2, 0.25) is 5.02 Å². The molecule has 0 aliphatic heterocycles. The summed E-state index contributed by atoms with van der Waals surface area (Å²) in [6.45, 7) is 8.64. The Morgan fingerprint density at radius 3 is 2.81 bits per heavy atom. The van der Waals surface area contributed by atoms with Gasteiger partial charge in [0.05, 0.1) is 15.7 Å². The van der Waals surface area contributed by atoms with Gasteiger partial charge in [-0.2, -0.15) is 0 Å². The van der Waals surface area contributed by atoms with Gasteiger partial charge in [0.1, 0.15) is 12.4 Å². The third-order valence-corrected chi connectivity index (χ3v) is 4.04. The van der Waals surface area contributed by atoms with Crippen molar-refractivity contribution in [3.8, 4) is 5.75 Å². The lowest BCUT2D eigenvalue weighted by molar-refractivity contribution is 0.302. The van der Waals surface area contributed by atoms with E-state index in [4.69, 9.17) is 16.3 Å². The van der Waals surface area contributed by atoms with E-state index >= 15 is 0 Å². The second kappa shape index (κ2) is 7.78. The maximum Gasteiger partial charge on any atom is 0.138 e. The van der Waals surface area contributed by atoms with Crippen molar-refractivity contribution in [2.24, 2.45) is 5.92 Å². The van der Waals surface area contributed by atoms with Crippen LogP contribution in [0.4, 0.5) is 0 Å². The van der Waals surface area contributed by atoms with Crippen molar-refractivity contribution >= 4 is 22.9 Å². The molecule has 5 heteroatoms. The SMILES string of the molecule is Cc1nc(COc2ccc(CNCC(C)C)cc2Cl)cs1. The number of aryl methyl sites for hydroxylation is 1. The van der Waals surface area contributed by atoms with Crippen molar-refractivity contribution in [3.05, 3.63) is 44.9 Å². The van der Waals surface area contributed by atoms with Crippen LogP contribution in [0.15, 0.2) is 23.6 Å². The van der Waals surface area contributed by atoms with Crippen LogP contribution in [0, 0.1) is 12.8 Å². The number of nitrogens with one attached hydrogen (secondary N) is 1. The molecule has 3 nitrogen and oxygen atoms in total. The Labute approximate surface area is 135 Å². The third kappa shape index (κ3) is 5.30. The molecule has 0 atom stereocenters. The highest BCUT2D eigenvalue weighted by Gasteiger charge is 2.05. The summed E-state index contributed by atoms with van der Waals surface area (Å²) >= 11 is 7.90. The summed E-state index contributed by atoms with van der Waals surface area (Å²) in [5, 5.41) is 7.10. The molecule has 0 spiro atoms. The van der Waals surface area contributed by atoms with E-state index < -0.39 is 0 Å². The number of halogens is 1. The van der Waals surface area contributed by atoms with Crippen LogP contribution >= 0.6 is 22.9 Å². The number of rotatable bonds is 7. The molecule has 0 saturated carbocycles. The summed E-state index contributed by atoms with van der Waals surface area (Å²) in [4.78, 5) is 4.37. The molecule has 0 radical (unpaired) electrons. The first-order valence-electron chi connectivity index (χ1n) is 7.07. The lowest BCUT2D eigenvalue weighted by Crippen LogP contribution is -2.18. The molecule has 21 heavy (non-hydrogen) atoms. The number of benzene rings is 1. The summed E-state index contributed by atoms with van der Waals surface area (Å²) in [6.07, 6.45) is 0. The number of thiazole rings is 1. The van der Waals surface area contributed by atoms with Crippen molar-refractivity contribution < 1.29 is 4.74 Å². The van der Waals surface area contributed by atoms with Gasteiger partial charge in [0.2, 0.25) is 0 Å². The molecular weight excluding hydrogens is 304 g/mol. The fourth-order valence-electron chi connectivity index (χ4n) is 1.90. The van der Waals surface area contributed by atoms with E-state index in [1.165, 1.54) is 0 Å². The lowest BCUT2D eigenvalue weighted by atomic mass is 10.2. The molecule has 1 heterocycles. The Hall–Kier alpha value is -1.10. The van der Waals surface area contributed by atoms with Crippen LogP contribution < -0.4 is 10.1 Å². The first kappa shape index (κ1) is 16.3. The fraction of sp³-hybridized carbons (Fsp3) is 0.438. The summed E-state index contributed by atoms with van der Waals surface area (Å²) in [6, 6.07) is 5.92. The van der Waals surface area contributed by atoms with E-state index in [0.717, 1.165) is 29.4 Å². The lowest BCUT2D eigenvalue weighted by Gasteiger charge is -2.10. The van der Waals surface area contributed by atoms with E-state index in [1.54, 1.807) is 11.3 Å². The Balaban J connectivity index is 1.89. The topological polar surface area (TPSA) is 34.1 Å². The maximum atomic E-state index is 6.27. The molecule has 114 valence electrons. The molecular formula is C16H21ClN2OS. The van der Waals surface area contributed by atoms with Gasteiger partial charge in [-0.15, -0.1) is 11.3 Å². The molecule has 0 bridgehead atoms. The number of ether oxygens (including phenoxy) is 1. The molecule has 0 saturated heterocycles. The van der Waals surface area contributed by atoms with Crippen molar-refractivity contribution in [1.82, 2.24) is 10.3 Å². The fourth-order valence-corrected chi connectivity index (χ4v) is 2.76. The largest absolute Gasteiger partial charge is 0.486 e. The van der Waals surface area contributed by atoms with Gasteiger partial charge in [-0.3, -0.25) is 0 Å². The number of hydrogen-bond donors (Lipinski definition) is 1. The molecule has 2 rings (SSSR count). The van der Waals surface area contributed by atoms with Crippen LogP contribution in [0.1, 0.15) is 30.1 Å². The minimum atomic E-state index is 0.453. The first-order valence-corrected chi connectivity index (χ1v) is 8.33. The summed E-state index contributed by atoms with van der Waals surface area (Å²) in [7, 11) is 0. The highest BCUT2D eigenvalue weighted by molar-refractivity contribution is 7.09. The summed E-state index contributed by atoms with van der Waals surface area (Å²) < 4.78 is 5.73. The summed E-state index contributed by atoms with van der Waals surface area (Å²) in [5.41, 5.74) is 2.11.